The Kier molecular flexibility index (Phi) is 6.10. The third-order valence-electron chi connectivity index (χ3n) is 5.91. The van der Waals surface area contributed by atoms with Crippen molar-refractivity contribution in [2.45, 2.75) is 45.8 Å². The van der Waals surface area contributed by atoms with Crippen LogP contribution in [0, 0.1) is 0 Å². The van der Waals surface area contributed by atoms with Crippen molar-refractivity contribution in [1.82, 2.24) is 9.80 Å². The van der Waals surface area contributed by atoms with Crippen LogP contribution in [-0.4, -0.2) is 54.8 Å². The number of hydrogen-bond acceptors (Lipinski definition) is 5. The van der Waals surface area contributed by atoms with Crippen LogP contribution < -0.4 is 14.2 Å². The summed E-state index contributed by atoms with van der Waals surface area (Å²) in [5.74, 6) is 2.40. The Balaban J connectivity index is 1.26. The zero-order valence-electron chi connectivity index (χ0n) is 18.9. The highest BCUT2D eigenvalue weighted by Gasteiger charge is 2.26. The molecule has 4 rings (SSSR count). The van der Waals surface area contributed by atoms with E-state index in [0.29, 0.717) is 19.9 Å². The molecule has 6 nitrogen and oxygen atoms in total. The zero-order chi connectivity index (χ0) is 22.0. The van der Waals surface area contributed by atoms with Crippen molar-refractivity contribution >= 4 is 5.91 Å². The molecule has 2 aliphatic rings. The van der Waals surface area contributed by atoms with Crippen LogP contribution in [0.4, 0.5) is 0 Å². The van der Waals surface area contributed by atoms with Crippen molar-refractivity contribution in [2.75, 3.05) is 33.0 Å². The molecule has 0 saturated carbocycles. The molecule has 1 amide bonds. The monoisotopic (exact) mass is 424 g/mol. The smallest absolute Gasteiger partial charge is 0.263 e. The fourth-order valence-electron chi connectivity index (χ4n) is 3.97. The van der Waals surface area contributed by atoms with Gasteiger partial charge in [-0.05, 0) is 47.7 Å². The first-order valence-corrected chi connectivity index (χ1v) is 11.0. The van der Waals surface area contributed by atoms with Gasteiger partial charge in [0.25, 0.3) is 5.91 Å². The third kappa shape index (κ3) is 5.13. The minimum Gasteiger partial charge on any atom is -0.481 e. The topological polar surface area (TPSA) is 51.2 Å². The standard InChI is InChI=1S/C25H32N2O4/c1-18(31-21-8-6-20(7-9-21)25(2,3)4)24(28)27-13-11-26(12-14-27)16-19-5-10-22-23(15-19)30-17-29-22/h5-10,15,18H,11-14,16-17H2,1-4H3/t18-/m1/s1. The van der Waals surface area contributed by atoms with Gasteiger partial charge < -0.3 is 19.1 Å². The van der Waals surface area contributed by atoms with E-state index < -0.39 is 6.10 Å². The average molecular weight is 425 g/mol. The van der Waals surface area contributed by atoms with Gasteiger partial charge >= 0.3 is 0 Å². The predicted molar refractivity (Wildman–Crippen MR) is 120 cm³/mol. The molecule has 1 fully saturated rings. The molecule has 6 heteroatoms. The van der Waals surface area contributed by atoms with Crippen LogP contribution >= 0.6 is 0 Å². The zero-order valence-corrected chi connectivity index (χ0v) is 18.9. The molecule has 31 heavy (non-hydrogen) atoms. The van der Waals surface area contributed by atoms with E-state index in [1.807, 2.05) is 36.1 Å². The molecular weight excluding hydrogens is 392 g/mol. The number of carbonyl (C=O) groups is 1. The third-order valence-corrected chi connectivity index (χ3v) is 5.91. The summed E-state index contributed by atoms with van der Waals surface area (Å²) in [5.41, 5.74) is 2.54. The molecule has 0 spiro atoms. The molecular formula is C25H32N2O4. The Morgan fingerprint density at radius 3 is 2.35 bits per heavy atom. The van der Waals surface area contributed by atoms with Gasteiger partial charge in [0.1, 0.15) is 5.75 Å². The van der Waals surface area contributed by atoms with Gasteiger partial charge in [0.05, 0.1) is 0 Å². The maximum absolute atomic E-state index is 12.9. The second kappa shape index (κ2) is 8.79. The summed E-state index contributed by atoms with van der Waals surface area (Å²) in [6, 6.07) is 14.1. The van der Waals surface area contributed by atoms with Gasteiger partial charge in [0, 0.05) is 32.7 Å². The van der Waals surface area contributed by atoms with Gasteiger partial charge in [-0.15, -0.1) is 0 Å². The molecule has 0 radical (unpaired) electrons. The van der Waals surface area contributed by atoms with Crippen molar-refractivity contribution < 1.29 is 19.0 Å². The molecule has 0 unspecified atom stereocenters. The highest BCUT2D eigenvalue weighted by molar-refractivity contribution is 5.81. The molecule has 166 valence electrons. The first-order valence-electron chi connectivity index (χ1n) is 11.0. The summed E-state index contributed by atoms with van der Waals surface area (Å²) in [6.45, 7) is 12.6. The van der Waals surface area contributed by atoms with Crippen LogP contribution in [0.2, 0.25) is 0 Å². The Morgan fingerprint density at radius 1 is 1.00 bits per heavy atom. The Hall–Kier alpha value is -2.73. The first-order chi connectivity index (χ1) is 14.8. The molecule has 2 aliphatic heterocycles. The number of fused-ring (bicyclic) bond motifs is 1. The van der Waals surface area contributed by atoms with E-state index in [1.54, 1.807) is 0 Å². The number of nitrogens with zero attached hydrogens (tertiary/aromatic N) is 2. The van der Waals surface area contributed by atoms with Crippen LogP contribution in [0.25, 0.3) is 0 Å². The number of benzene rings is 2. The molecule has 1 saturated heterocycles. The largest absolute Gasteiger partial charge is 0.481 e. The number of ether oxygens (including phenoxy) is 3. The highest BCUT2D eigenvalue weighted by Crippen LogP contribution is 2.33. The van der Waals surface area contributed by atoms with Crippen LogP contribution in [-0.2, 0) is 16.8 Å². The van der Waals surface area contributed by atoms with Crippen LogP contribution in [0.1, 0.15) is 38.8 Å². The van der Waals surface area contributed by atoms with E-state index >= 15 is 0 Å². The molecule has 2 aromatic rings. The van der Waals surface area contributed by atoms with E-state index in [2.05, 4.69) is 43.9 Å². The van der Waals surface area contributed by atoms with Gasteiger partial charge in [-0.1, -0.05) is 39.0 Å². The van der Waals surface area contributed by atoms with E-state index in [1.165, 1.54) is 11.1 Å². The Labute approximate surface area is 184 Å². The van der Waals surface area contributed by atoms with Crippen molar-refractivity contribution in [3.63, 3.8) is 0 Å². The molecule has 2 aromatic carbocycles. The first kappa shape index (κ1) is 21.5. The van der Waals surface area contributed by atoms with E-state index in [0.717, 1.165) is 36.9 Å². The second-order valence-corrected chi connectivity index (χ2v) is 9.32. The summed E-state index contributed by atoms with van der Waals surface area (Å²) in [6.07, 6.45) is -0.499. The Bertz CT molecular complexity index is 912. The van der Waals surface area contributed by atoms with Gasteiger partial charge in [0.15, 0.2) is 17.6 Å². The lowest BCUT2D eigenvalue weighted by atomic mass is 9.87. The fraction of sp³-hybridized carbons (Fsp3) is 0.480. The van der Waals surface area contributed by atoms with Crippen LogP contribution in [0.3, 0.4) is 0 Å². The lowest BCUT2D eigenvalue weighted by molar-refractivity contribution is -0.139. The van der Waals surface area contributed by atoms with Crippen molar-refractivity contribution in [3.8, 4) is 17.2 Å². The normalized spacial score (nSPS) is 17.5. The lowest BCUT2D eigenvalue weighted by Crippen LogP contribution is -2.51. The minimum atomic E-state index is -0.499. The van der Waals surface area contributed by atoms with Crippen molar-refractivity contribution in [2.24, 2.45) is 0 Å². The molecule has 0 bridgehead atoms. The molecule has 2 heterocycles. The fourth-order valence-corrected chi connectivity index (χ4v) is 3.97. The lowest BCUT2D eigenvalue weighted by Gasteiger charge is -2.36. The number of piperazine rings is 1. The molecule has 0 aliphatic carbocycles. The van der Waals surface area contributed by atoms with Gasteiger partial charge in [0.2, 0.25) is 6.79 Å². The van der Waals surface area contributed by atoms with Crippen LogP contribution in [0.5, 0.6) is 17.2 Å². The van der Waals surface area contributed by atoms with E-state index in [4.69, 9.17) is 14.2 Å². The number of amides is 1. The summed E-state index contributed by atoms with van der Waals surface area (Å²) in [4.78, 5) is 17.1. The number of carbonyl (C=O) groups excluding carboxylic acids is 1. The highest BCUT2D eigenvalue weighted by atomic mass is 16.7. The van der Waals surface area contributed by atoms with Gasteiger partial charge in [-0.2, -0.15) is 0 Å². The summed E-state index contributed by atoms with van der Waals surface area (Å²) in [5, 5.41) is 0. The quantitative estimate of drug-likeness (QED) is 0.730. The van der Waals surface area contributed by atoms with Crippen molar-refractivity contribution in [1.29, 1.82) is 0 Å². The maximum Gasteiger partial charge on any atom is 0.263 e. The second-order valence-electron chi connectivity index (χ2n) is 9.32. The van der Waals surface area contributed by atoms with E-state index in [-0.39, 0.29) is 11.3 Å². The van der Waals surface area contributed by atoms with Crippen molar-refractivity contribution in [3.05, 3.63) is 53.6 Å². The van der Waals surface area contributed by atoms with Gasteiger partial charge in [-0.25, -0.2) is 0 Å². The number of hydrogen-bond donors (Lipinski definition) is 0. The average Bonchev–Trinajstić information content (AvgIpc) is 3.21. The van der Waals surface area contributed by atoms with Crippen LogP contribution in [0.15, 0.2) is 42.5 Å². The maximum atomic E-state index is 12.9. The summed E-state index contributed by atoms with van der Waals surface area (Å²) in [7, 11) is 0. The predicted octanol–water partition coefficient (Wildman–Crippen LogP) is 3.82. The van der Waals surface area contributed by atoms with Gasteiger partial charge in [-0.3, -0.25) is 9.69 Å². The Morgan fingerprint density at radius 2 is 1.68 bits per heavy atom. The molecule has 1 atom stereocenters. The SMILES string of the molecule is C[C@@H](Oc1ccc(C(C)(C)C)cc1)C(=O)N1CCN(Cc2ccc3c(c2)OCO3)CC1. The molecule has 0 aromatic heterocycles. The summed E-state index contributed by atoms with van der Waals surface area (Å²) < 4.78 is 16.8. The summed E-state index contributed by atoms with van der Waals surface area (Å²) >= 11 is 0. The van der Waals surface area contributed by atoms with E-state index in [9.17, 15) is 4.79 Å². The minimum absolute atomic E-state index is 0.0441. The number of rotatable bonds is 5. The molecule has 0 N–H and O–H groups in total.